The third-order valence-electron chi connectivity index (χ3n) is 3.45. The summed E-state index contributed by atoms with van der Waals surface area (Å²) >= 11 is 0. The first-order valence-electron chi connectivity index (χ1n) is 6.91. The number of hydrogen-bond donors (Lipinski definition) is 1. The summed E-state index contributed by atoms with van der Waals surface area (Å²) in [6, 6.07) is 6.72. The Morgan fingerprint density at radius 3 is 2.83 bits per heavy atom. The van der Waals surface area contributed by atoms with Crippen molar-refractivity contribution in [2.75, 3.05) is 0 Å². The number of fused-ring (bicyclic) bond motifs is 1. The van der Waals surface area contributed by atoms with Gasteiger partial charge < -0.3 is 9.73 Å². The Labute approximate surface area is 130 Å². The van der Waals surface area contributed by atoms with Crippen LogP contribution in [0.15, 0.2) is 50.7 Å². The SMILES string of the molecule is Cn1c(=O)c(=O)n(CC(=O)NCc2ccco2)c2cccnc21. The third-order valence-corrected chi connectivity index (χ3v) is 3.45. The number of pyridine rings is 1. The summed E-state index contributed by atoms with van der Waals surface area (Å²) in [5.41, 5.74) is -0.722. The maximum Gasteiger partial charge on any atom is 0.317 e. The number of nitrogens with zero attached hydrogens (tertiary/aromatic N) is 3. The van der Waals surface area contributed by atoms with Crippen LogP contribution in [0.1, 0.15) is 5.76 Å². The number of aromatic nitrogens is 3. The standard InChI is InChI=1S/C15H14N4O4/c1-18-13-11(5-2-6-16-13)19(15(22)14(18)21)9-12(20)17-8-10-4-3-7-23-10/h2-7H,8-9H2,1H3,(H,17,20). The highest BCUT2D eigenvalue weighted by atomic mass is 16.3. The quantitative estimate of drug-likeness (QED) is 0.684. The molecule has 3 heterocycles. The van der Waals surface area contributed by atoms with Crippen LogP contribution in [0.4, 0.5) is 0 Å². The highest BCUT2D eigenvalue weighted by molar-refractivity contribution is 5.78. The van der Waals surface area contributed by atoms with Crippen molar-refractivity contribution in [1.29, 1.82) is 0 Å². The predicted octanol–water partition coefficient (Wildman–Crippen LogP) is 0.00460. The highest BCUT2D eigenvalue weighted by Crippen LogP contribution is 2.06. The molecule has 8 nitrogen and oxygen atoms in total. The summed E-state index contributed by atoms with van der Waals surface area (Å²) in [6.45, 7) is -0.0561. The molecule has 3 aromatic heterocycles. The summed E-state index contributed by atoms with van der Waals surface area (Å²) in [5, 5.41) is 2.64. The molecule has 0 saturated carbocycles. The Bertz CT molecular complexity index is 969. The number of rotatable bonds is 4. The van der Waals surface area contributed by atoms with Crippen molar-refractivity contribution >= 4 is 17.1 Å². The molecule has 0 saturated heterocycles. The van der Waals surface area contributed by atoms with Crippen LogP contribution in [0, 0.1) is 0 Å². The van der Waals surface area contributed by atoms with Crippen LogP contribution < -0.4 is 16.4 Å². The van der Waals surface area contributed by atoms with Crippen LogP contribution in [0.2, 0.25) is 0 Å². The topological polar surface area (TPSA) is 99.1 Å². The van der Waals surface area contributed by atoms with Crippen molar-refractivity contribution in [2.24, 2.45) is 7.05 Å². The second-order valence-corrected chi connectivity index (χ2v) is 4.96. The van der Waals surface area contributed by atoms with Gasteiger partial charge in [-0.2, -0.15) is 0 Å². The molecule has 1 N–H and O–H groups in total. The monoisotopic (exact) mass is 314 g/mol. The van der Waals surface area contributed by atoms with Crippen molar-refractivity contribution < 1.29 is 9.21 Å². The van der Waals surface area contributed by atoms with Gasteiger partial charge in [0, 0.05) is 13.2 Å². The van der Waals surface area contributed by atoms with Gasteiger partial charge in [-0.3, -0.25) is 23.5 Å². The van der Waals surface area contributed by atoms with Crippen molar-refractivity contribution in [3.05, 3.63) is 63.2 Å². The largest absolute Gasteiger partial charge is 0.467 e. The first-order chi connectivity index (χ1) is 11.1. The molecule has 0 fully saturated rings. The lowest BCUT2D eigenvalue weighted by Crippen LogP contribution is -2.43. The highest BCUT2D eigenvalue weighted by Gasteiger charge is 2.14. The van der Waals surface area contributed by atoms with Crippen LogP contribution in [0.5, 0.6) is 0 Å². The zero-order valence-electron chi connectivity index (χ0n) is 12.4. The molecule has 0 bridgehead atoms. The molecule has 0 aromatic carbocycles. The maximum atomic E-state index is 12.2. The van der Waals surface area contributed by atoms with E-state index in [0.717, 1.165) is 4.57 Å². The average Bonchev–Trinajstić information content (AvgIpc) is 3.08. The Hall–Kier alpha value is -3.16. The van der Waals surface area contributed by atoms with Crippen molar-refractivity contribution in [1.82, 2.24) is 19.4 Å². The van der Waals surface area contributed by atoms with E-state index in [4.69, 9.17) is 4.42 Å². The molecule has 0 atom stereocenters. The van der Waals surface area contributed by atoms with E-state index < -0.39 is 17.0 Å². The van der Waals surface area contributed by atoms with Crippen LogP contribution in [-0.2, 0) is 24.9 Å². The second kappa shape index (κ2) is 5.91. The lowest BCUT2D eigenvalue weighted by molar-refractivity contribution is -0.121. The summed E-state index contributed by atoms with van der Waals surface area (Å²) < 4.78 is 7.42. The van der Waals surface area contributed by atoms with Crippen LogP contribution in [0.3, 0.4) is 0 Å². The van der Waals surface area contributed by atoms with Gasteiger partial charge >= 0.3 is 11.1 Å². The molecular weight excluding hydrogens is 300 g/mol. The lowest BCUT2D eigenvalue weighted by atomic mass is 10.3. The number of furan rings is 1. The zero-order valence-corrected chi connectivity index (χ0v) is 12.4. The summed E-state index contributed by atoms with van der Waals surface area (Å²) in [6.07, 6.45) is 3.03. The van der Waals surface area contributed by atoms with Gasteiger partial charge in [0.25, 0.3) is 0 Å². The number of carbonyl (C=O) groups excluding carboxylic acids is 1. The van der Waals surface area contributed by atoms with Gasteiger partial charge in [0.2, 0.25) is 5.91 Å². The molecule has 0 aliphatic carbocycles. The van der Waals surface area contributed by atoms with E-state index >= 15 is 0 Å². The fraction of sp³-hybridized carbons (Fsp3) is 0.200. The zero-order chi connectivity index (χ0) is 16.4. The number of nitrogens with one attached hydrogen (secondary N) is 1. The molecule has 23 heavy (non-hydrogen) atoms. The van der Waals surface area contributed by atoms with E-state index in [0.29, 0.717) is 16.9 Å². The van der Waals surface area contributed by atoms with Crippen molar-refractivity contribution in [2.45, 2.75) is 13.1 Å². The maximum absolute atomic E-state index is 12.2. The molecule has 0 aliphatic heterocycles. The van der Waals surface area contributed by atoms with Gasteiger partial charge in [-0.05, 0) is 24.3 Å². The van der Waals surface area contributed by atoms with Gasteiger partial charge in [0.1, 0.15) is 12.3 Å². The molecule has 118 valence electrons. The molecule has 3 rings (SSSR count). The van der Waals surface area contributed by atoms with Gasteiger partial charge in [-0.15, -0.1) is 0 Å². The molecule has 0 radical (unpaired) electrons. The third kappa shape index (κ3) is 2.78. The Balaban J connectivity index is 1.92. The number of aryl methyl sites for hydroxylation is 1. The predicted molar refractivity (Wildman–Crippen MR) is 81.8 cm³/mol. The number of amides is 1. The molecule has 0 unspecified atom stereocenters. The van der Waals surface area contributed by atoms with E-state index in [-0.39, 0.29) is 13.1 Å². The average molecular weight is 314 g/mol. The summed E-state index contributed by atoms with van der Waals surface area (Å²) in [4.78, 5) is 40.3. The Morgan fingerprint density at radius 2 is 2.09 bits per heavy atom. The van der Waals surface area contributed by atoms with Crippen LogP contribution >= 0.6 is 0 Å². The van der Waals surface area contributed by atoms with E-state index in [1.54, 1.807) is 24.3 Å². The minimum absolute atomic E-state index is 0.210. The molecule has 3 aromatic rings. The molecule has 0 aliphatic rings. The van der Waals surface area contributed by atoms with Gasteiger partial charge in [0.15, 0.2) is 5.65 Å². The second-order valence-electron chi connectivity index (χ2n) is 4.96. The smallest absolute Gasteiger partial charge is 0.317 e. The molecule has 1 amide bonds. The minimum Gasteiger partial charge on any atom is -0.467 e. The van der Waals surface area contributed by atoms with Gasteiger partial charge in [0.05, 0.1) is 18.3 Å². The van der Waals surface area contributed by atoms with Gasteiger partial charge in [-0.25, -0.2) is 4.98 Å². The lowest BCUT2D eigenvalue weighted by Gasteiger charge is -2.11. The fourth-order valence-electron chi connectivity index (χ4n) is 2.28. The first-order valence-corrected chi connectivity index (χ1v) is 6.91. The number of hydrogen-bond acceptors (Lipinski definition) is 5. The molecule has 8 heteroatoms. The van der Waals surface area contributed by atoms with Gasteiger partial charge in [-0.1, -0.05) is 0 Å². The first kappa shape index (κ1) is 14.8. The summed E-state index contributed by atoms with van der Waals surface area (Å²) in [5.74, 6) is 0.197. The van der Waals surface area contributed by atoms with E-state index in [1.165, 1.54) is 24.1 Å². The number of carbonyl (C=O) groups is 1. The fourth-order valence-corrected chi connectivity index (χ4v) is 2.28. The van der Waals surface area contributed by atoms with Crippen LogP contribution in [-0.4, -0.2) is 20.0 Å². The Morgan fingerprint density at radius 1 is 1.26 bits per heavy atom. The minimum atomic E-state index is -0.763. The van der Waals surface area contributed by atoms with Crippen LogP contribution in [0.25, 0.3) is 11.2 Å². The molecule has 0 spiro atoms. The Kier molecular flexibility index (Phi) is 3.80. The summed E-state index contributed by atoms with van der Waals surface area (Å²) in [7, 11) is 1.47. The normalized spacial score (nSPS) is 10.8. The van der Waals surface area contributed by atoms with Crippen molar-refractivity contribution in [3.63, 3.8) is 0 Å². The van der Waals surface area contributed by atoms with E-state index in [2.05, 4.69) is 10.3 Å². The molecular formula is C15H14N4O4. The van der Waals surface area contributed by atoms with Crippen molar-refractivity contribution in [3.8, 4) is 0 Å². The van der Waals surface area contributed by atoms with E-state index in [1.807, 2.05) is 0 Å². The van der Waals surface area contributed by atoms with E-state index in [9.17, 15) is 14.4 Å².